The van der Waals surface area contributed by atoms with Crippen LogP contribution in [0.15, 0.2) is 18.3 Å². The number of hydrogen-bond acceptors (Lipinski definition) is 3. The van der Waals surface area contributed by atoms with Crippen molar-refractivity contribution in [1.29, 1.82) is 0 Å². The fourth-order valence-corrected chi connectivity index (χ4v) is 2.60. The summed E-state index contributed by atoms with van der Waals surface area (Å²) >= 11 is 0. The number of rotatable bonds is 3. The number of pyridine rings is 1. The predicted octanol–water partition coefficient (Wildman–Crippen LogP) is 3.16. The highest BCUT2D eigenvalue weighted by atomic mass is 16.2. The molecule has 20 heavy (non-hydrogen) atoms. The van der Waals surface area contributed by atoms with Crippen LogP contribution < -0.4 is 5.32 Å². The Bertz CT molecular complexity index is 459. The van der Waals surface area contributed by atoms with Crippen LogP contribution in [0, 0.1) is 5.92 Å². The van der Waals surface area contributed by atoms with Crippen molar-refractivity contribution in [3.63, 3.8) is 0 Å². The molecule has 0 aromatic carbocycles. The molecular formula is C16H25N3O. The number of carbonyl (C=O) groups is 1. The topological polar surface area (TPSA) is 45.2 Å². The van der Waals surface area contributed by atoms with Gasteiger partial charge in [0.25, 0.3) is 5.91 Å². The van der Waals surface area contributed by atoms with E-state index in [9.17, 15) is 4.79 Å². The highest BCUT2D eigenvalue weighted by Crippen LogP contribution is 2.20. The summed E-state index contributed by atoms with van der Waals surface area (Å²) in [6.45, 7) is 8.09. The zero-order valence-corrected chi connectivity index (χ0v) is 12.7. The lowest BCUT2D eigenvalue weighted by molar-refractivity contribution is 0.0761. The maximum absolute atomic E-state index is 12.7. The normalized spacial score (nSPS) is 19.8. The van der Waals surface area contributed by atoms with Gasteiger partial charge < -0.3 is 10.2 Å². The monoisotopic (exact) mass is 275 g/mol. The van der Waals surface area contributed by atoms with Crippen molar-refractivity contribution in [3.05, 3.63) is 23.9 Å². The van der Waals surface area contributed by atoms with E-state index in [1.54, 1.807) is 6.20 Å². The molecule has 0 radical (unpaired) electrons. The van der Waals surface area contributed by atoms with Gasteiger partial charge in [0.1, 0.15) is 5.82 Å². The van der Waals surface area contributed by atoms with Gasteiger partial charge in [-0.3, -0.25) is 4.79 Å². The van der Waals surface area contributed by atoms with Crippen LogP contribution in [0.4, 0.5) is 5.82 Å². The number of nitrogens with zero attached hydrogens (tertiary/aromatic N) is 2. The Balaban J connectivity index is 2.15. The van der Waals surface area contributed by atoms with Crippen LogP contribution in [0.3, 0.4) is 0 Å². The highest BCUT2D eigenvalue weighted by molar-refractivity contribution is 5.98. The summed E-state index contributed by atoms with van der Waals surface area (Å²) in [6.07, 6.45) is 5.14. The summed E-state index contributed by atoms with van der Waals surface area (Å²) in [5.41, 5.74) is 0.691. The molecule has 110 valence electrons. The van der Waals surface area contributed by atoms with Crippen LogP contribution in [0.1, 0.15) is 50.4 Å². The fraction of sp³-hybridized carbons (Fsp3) is 0.625. The molecule has 0 spiro atoms. The van der Waals surface area contributed by atoms with Crippen LogP contribution in [0.5, 0.6) is 0 Å². The Kier molecular flexibility index (Phi) is 4.99. The van der Waals surface area contributed by atoms with Gasteiger partial charge in [0, 0.05) is 25.3 Å². The van der Waals surface area contributed by atoms with Gasteiger partial charge in [-0.05, 0) is 51.2 Å². The predicted molar refractivity (Wildman–Crippen MR) is 81.9 cm³/mol. The van der Waals surface area contributed by atoms with Gasteiger partial charge in [-0.1, -0.05) is 6.92 Å². The molecule has 1 amide bonds. The van der Waals surface area contributed by atoms with Gasteiger partial charge in [0.2, 0.25) is 0 Å². The Hall–Kier alpha value is -1.58. The first-order chi connectivity index (χ1) is 9.58. The van der Waals surface area contributed by atoms with Crippen molar-refractivity contribution in [2.75, 3.05) is 18.4 Å². The Morgan fingerprint density at radius 2 is 2.20 bits per heavy atom. The number of nitrogens with one attached hydrogen (secondary N) is 1. The molecule has 1 aliphatic heterocycles. The minimum absolute atomic E-state index is 0.107. The number of aromatic nitrogens is 1. The van der Waals surface area contributed by atoms with E-state index in [4.69, 9.17) is 0 Å². The summed E-state index contributed by atoms with van der Waals surface area (Å²) < 4.78 is 0. The van der Waals surface area contributed by atoms with Gasteiger partial charge in [-0.15, -0.1) is 0 Å². The summed E-state index contributed by atoms with van der Waals surface area (Å²) in [6, 6.07) is 3.97. The summed E-state index contributed by atoms with van der Waals surface area (Å²) in [5.74, 6) is 1.52. The molecule has 1 N–H and O–H groups in total. The molecule has 2 heterocycles. The molecule has 4 heteroatoms. The van der Waals surface area contributed by atoms with Crippen molar-refractivity contribution in [3.8, 4) is 0 Å². The quantitative estimate of drug-likeness (QED) is 0.921. The van der Waals surface area contributed by atoms with E-state index in [0.717, 1.165) is 31.8 Å². The van der Waals surface area contributed by atoms with Crippen LogP contribution in [0.25, 0.3) is 0 Å². The van der Waals surface area contributed by atoms with Crippen molar-refractivity contribution in [1.82, 2.24) is 9.88 Å². The van der Waals surface area contributed by atoms with Gasteiger partial charge in [0.15, 0.2) is 0 Å². The van der Waals surface area contributed by atoms with Crippen molar-refractivity contribution in [2.45, 2.75) is 46.1 Å². The summed E-state index contributed by atoms with van der Waals surface area (Å²) in [4.78, 5) is 19.0. The average Bonchev–Trinajstić information content (AvgIpc) is 2.63. The maximum atomic E-state index is 12.7. The first-order valence-corrected chi connectivity index (χ1v) is 7.58. The van der Waals surface area contributed by atoms with E-state index in [2.05, 4.69) is 31.1 Å². The Morgan fingerprint density at radius 3 is 2.95 bits per heavy atom. The van der Waals surface area contributed by atoms with Gasteiger partial charge in [-0.25, -0.2) is 4.98 Å². The number of amides is 1. The number of hydrogen-bond donors (Lipinski definition) is 1. The largest absolute Gasteiger partial charge is 0.367 e. The molecule has 1 fully saturated rings. The lowest BCUT2D eigenvalue weighted by atomic mass is 10.0. The molecule has 1 aliphatic rings. The highest BCUT2D eigenvalue weighted by Gasteiger charge is 2.22. The second-order valence-electron chi connectivity index (χ2n) is 6.03. The molecule has 2 rings (SSSR count). The lowest BCUT2D eigenvalue weighted by Crippen LogP contribution is -2.33. The molecule has 0 saturated carbocycles. The van der Waals surface area contributed by atoms with E-state index in [1.165, 1.54) is 6.42 Å². The first-order valence-electron chi connectivity index (χ1n) is 7.58. The van der Waals surface area contributed by atoms with E-state index in [1.807, 2.05) is 17.0 Å². The number of carbonyl (C=O) groups excluding carboxylic acids is 1. The molecule has 1 aromatic rings. The van der Waals surface area contributed by atoms with E-state index >= 15 is 0 Å². The molecule has 1 saturated heterocycles. The lowest BCUT2D eigenvalue weighted by Gasteiger charge is -2.22. The molecule has 0 unspecified atom stereocenters. The minimum Gasteiger partial charge on any atom is -0.367 e. The van der Waals surface area contributed by atoms with Crippen molar-refractivity contribution >= 4 is 11.7 Å². The molecule has 0 aliphatic carbocycles. The summed E-state index contributed by atoms with van der Waals surface area (Å²) in [5, 5.41) is 3.26. The molecule has 4 nitrogen and oxygen atoms in total. The fourth-order valence-electron chi connectivity index (χ4n) is 2.60. The molecule has 0 bridgehead atoms. The van der Waals surface area contributed by atoms with Crippen molar-refractivity contribution < 1.29 is 4.79 Å². The van der Waals surface area contributed by atoms with Crippen LogP contribution in [-0.2, 0) is 0 Å². The van der Waals surface area contributed by atoms with E-state index in [-0.39, 0.29) is 11.9 Å². The third-order valence-corrected chi connectivity index (χ3v) is 3.77. The minimum atomic E-state index is 0.107. The van der Waals surface area contributed by atoms with Gasteiger partial charge in [0.05, 0.1) is 5.56 Å². The van der Waals surface area contributed by atoms with E-state index < -0.39 is 0 Å². The van der Waals surface area contributed by atoms with Gasteiger partial charge >= 0.3 is 0 Å². The number of likely N-dealkylation sites (tertiary alicyclic amines) is 1. The Morgan fingerprint density at radius 1 is 1.40 bits per heavy atom. The third kappa shape index (κ3) is 3.71. The Labute approximate surface area is 121 Å². The third-order valence-electron chi connectivity index (χ3n) is 3.77. The average molecular weight is 275 g/mol. The number of anilines is 1. The standard InChI is InChI=1S/C16H25N3O/c1-12(2)18-15-14(7-4-9-17-15)16(20)19-10-5-6-13(3)8-11-19/h4,7,9,12-13H,5-6,8,10-11H2,1-3H3,(H,17,18)/t13-/m0/s1. The maximum Gasteiger partial charge on any atom is 0.257 e. The molecule has 1 aromatic heterocycles. The van der Waals surface area contributed by atoms with Crippen LogP contribution in [-0.4, -0.2) is 34.9 Å². The zero-order chi connectivity index (χ0) is 14.5. The smallest absolute Gasteiger partial charge is 0.257 e. The summed E-state index contributed by atoms with van der Waals surface area (Å²) in [7, 11) is 0. The second kappa shape index (κ2) is 6.73. The molecule has 1 atom stereocenters. The van der Waals surface area contributed by atoms with Crippen molar-refractivity contribution in [2.24, 2.45) is 5.92 Å². The van der Waals surface area contributed by atoms with Crippen LogP contribution in [0.2, 0.25) is 0 Å². The van der Waals surface area contributed by atoms with E-state index in [0.29, 0.717) is 11.4 Å². The van der Waals surface area contributed by atoms with Gasteiger partial charge in [-0.2, -0.15) is 0 Å². The zero-order valence-electron chi connectivity index (χ0n) is 12.7. The SMILES string of the molecule is CC(C)Nc1ncccc1C(=O)N1CCC[C@H](C)CC1. The molecular weight excluding hydrogens is 250 g/mol. The second-order valence-corrected chi connectivity index (χ2v) is 6.03. The van der Waals surface area contributed by atoms with Crippen LogP contribution >= 0.6 is 0 Å². The first kappa shape index (κ1) is 14.8.